The Hall–Kier alpha value is -1.22. The molecule has 76 valence electrons. The van der Waals surface area contributed by atoms with Crippen LogP contribution in [0.1, 0.15) is 12.0 Å². The molecule has 4 heteroatoms. The number of hydrogen-bond acceptors (Lipinski definition) is 2. The number of carboxylic acids is 1. The van der Waals surface area contributed by atoms with Gasteiger partial charge in [0.1, 0.15) is 5.75 Å². The zero-order valence-electron chi connectivity index (χ0n) is 7.79. The van der Waals surface area contributed by atoms with E-state index in [0.717, 1.165) is 5.56 Å². The van der Waals surface area contributed by atoms with E-state index in [1.165, 1.54) is 7.11 Å². The van der Waals surface area contributed by atoms with E-state index in [-0.39, 0.29) is 6.42 Å². The van der Waals surface area contributed by atoms with E-state index in [1.807, 2.05) is 0 Å². The van der Waals surface area contributed by atoms with E-state index < -0.39 is 5.97 Å². The maximum absolute atomic E-state index is 10.3. The SMILES string of the molecule is COc1cc(CCC(=O)O)ccc1Cl. The number of carbonyl (C=O) groups is 1. The normalized spacial score (nSPS) is 9.86. The molecule has 0 saturated heterocycles. The van der Waals surface area contributed by atoms with Gasteiger partial charge in [0.15, 0.2) is 0 Å². The molecule has 1 N–H and O–H groups in total. The number of hydrogen-bond donors (Lipinski definition) is 1. The first-order valence-corrected chi connectivity index (χ1v) is 4.55. The Balaban J connectivity index is 2.74. The molecule has 0 heterocycles. The molecule has 1 rings (SSSR count). The quantitative estimate of drug-likeness (QED) is 0.837. The third-order valence-corrected chi connectivity index (χ3v) is 2.16. The second-order valence-electron chi connectivity index (χ2n) is 2.86. The molecular weight excluding hydrogens is 204 g/mol. The van der Waals surface area contributed by atoms with Crippen molar-refractivity contribution < 1.29 is 14.6 Å². The first kappa shape index (κ1) is 10.9. The standard InChI is InChI=1S/C10H11ClO3/c1-14-9-6-7(2-4-8(9)11)3-5-10(12)13/h2,4,6H,3,5H2,1H3,(H,12,13). The molecule has 1 aromatic carbocycles. The number of methoxy groups -OCH3 is 1. The first-order chi connectivity index (χ1) is 6.63. The van der Waals surface area contributed by atoms with E-state index in [2.05, 4.69) is 0 Å². The molecule has 0 spiro atoms. The number of benzene rings is 1. The summed E-state index contributed by atoms with van der Waals surface area (Å²) < 4.78 is 5.01. The summed E-state index contributed by atoms with van der Waals surface area (Å²) in [5.41, 5.74) is 0.911. The number of ether oxygens (including phenoxy) is 1. The Kier molecular flexibility index (Phi) is 3.77. The second kappa shape index (κ2) is 4.86. The molecule has 3 nitrogen and oxygen atoms in total. The zero-order valence-corrected chi connectivity index (χ0v) is 8.54. The molecule has 0 aliphatic rings. The number of aliphatic carboxylic acids is 1. The van der Waals surface area contributed by atoms with Gasteiger partial charge in [-0.1, -0.05) is 17.7 Å². The molecule has 0 bridgehead atoms. The molecule has 0 radical (unpaired) electrons. The van der Waals surface area contributed by atoms with Gasteiger partial charge in [-0.25, -0.2) is 0 Å². The molecule has 0 aliphatic heterocycles. The van der Waals surface area contributed by atoms with Gasteiger partial charge in [-0.15, -0.1) is 0 Å². The Morgan fingerprint density at radius 1 is 1.57 bits per heavy atom. The van der Waals surface area contributed by atoms with Crippen molar-refractivity contribution in [1.82, 2.24) is 0 Å². The molecule has 0 saturated carbocycles. The van der Waals surface area contributed by atoms with Crippen LogP contribution in [0.2, 0.25) is 5.02 Å². The minimum atomic E-state index is -0.807. The van der Waals surface area contributed by atoms with Gasteiger partial charge in [0.25, 0.3) is 0 Å². The van der Waals surface area contributed by atoms with Gasteiger partial charge in [0.2, 0.25) is 0 Å². The average Bonchev–Trinajstić information content (AvgIpc) is 2.16. The maximum Gasteiger partial charge on any atom is 0.303 e. The summed E-state index contributed by atoms with van der Waals surface area (Å²) in [6.45, 7) is 0. The van der Waals surface area contributed by atoms with Gasteiger partial charge in [0, 0.05) is 6.42 Å². The molecule has 0 unspecified atom stereocenters. The summed E-state index contributed by atoms with van der Waals surface area (Å²) in [6.07, 6.45) is 0.605. The fourth-order valence-corrected chi connectivity index (χ4v) is 1.31. The van der Waals surface area contributed by atoms with Crippen molar-refractivity contribution in [2.75, 3.05) is 7.11 Å². The molecular formula is C10H11ClO3. The topological polar surface area (TPSA) is 46.5 Å². The third kappa shape index (κ3) is 2.92. The first-order valence-electron chi connectivity index (χ1n) is 4.17. The number of rotatable bonds is 4. The minimum absolute atomic E-state index is 0.116. The van der Waals surface area contributed by atoms with Gasteiger partial charge >= 0.3 is 5.97 Å². The van der Waals surface area contributed by atoms with Gasteiger partial charge in [-0.05, 0) is 24.1 Å². The number of halogens is 1. The fraction of sp³-hybridized carbons (Fsp3) is 0.300. The van der Waals surface area contributed by atoms with Crippen LogP contribution in [-0.4, -0.2) is 18.2 Å². The van der Waals surface area contributed by atoms with Crippen LogP contribution in [0, 0.1) is 0 Å². The van der Waals surface area contributed by atoms with Crippen molar-refractivity contribution in [2.24, 2.45) is 0 Å². The van der Waals surface area contributed by atoms with Crippen LogP contribution in [0.4, 0.5) is 0 Å². The van der Waals surface area contributed by atoms with E-state index >= 15 is 0 Å². The Labute approximate surface area is 87.3 Å². The number of aryl methyl sites for hydroxylation is 1. The van der Waals surface area contributed by atoms with Gasteiger partial charge in [-0.3, -0.25) is 4.79 Å². The Morgan fingerprint density at radius 2 is 2.29 bits per heavy atom. The molecule has 0 aromatic heterocycles. The largest absolute Gasteiger partial charge is 0.495 e. The maximum atomic E-state index is 10.3. The van der Waals surface area contributed by atoms with E-state index in [1.54, 1.807) is 18.2 Å². The van der Waals surface area contributed by atoms with E-state index in [4.69, 9.17) is 21.4 Å². The van der Waals surface area contributed by atoms with Crippen molar-refractivity contribution in [2.45, 2.75) is 12.8 Å². The fourth-order valence-electron chi connectivity index (χ4n) is 1.11. The predicted molar refractivity (Wildman–Crippen MR) is 54.0 cm³/mol. The van der Waals surface area contributed by atoms with Crippen LogP contribution in [-0.2, 0) is 11.2 Å². The highest BCUT2D eigenvalue weighted by atomic mass is 35.5. The Bertz CT molecular complexity index is 336. The van der Waals surface area contributed by atoms with E-state index in [9.17, 15) is 4.79 Å². The van der Waals surface area contributed by atoms with Gasteiger partial charge in [0.05, 0.1) is 12.1 Å². The highest BCUT2D eigenvalue weighted by Crippen LogP contribution is 2.25. The summed E-state index contributed by atoms with van der Waals surface area (Å²) in [5, 5.41) is 9.03. The summed E-state index contributed by atoms with van der Waals surface area (Å²) >= 11 is 5.82. The van der Waals surface area contributed by atoms with Crippen LogP contribution < -0.4 is 4.74 Å². The molecule has 1 aromatic rings. The predicted octanol–water partition coefficient (Wildman–Crippen LogP) is 2.37. The van der Waals surface area contributed by atoms with Gasteiger partial charge < -0.3 is 9.84 Å². The summed E-state index contributed by atoms with van der Waals surface area (Å²) in [4.78, 5) is 10.3. The van der Waals surface area contributed by atoms with Crippen molar-refractivity contribution in [3.05, 3.63) is 28.8 Å². The average molecular weight is 215 g/mol. The van der Waals surface area contributed by atoms with Crippen molar-refractivity contribution in [1.29, 1.82) is 0 Å². The smallest absolute Gasteiger partial charge is 0.303 e. The van der Waals surface area contributed by atoms with Crippen molar-refractivity contribution in [3.63, 3.8) is 0 Å². The summed E-state index contributed by atoms with van der Waals surface area (Å²) in [5.74, 6) is -0.228. The molecule has 0 aliphatic carbocycles. The minimum Gasteiger partial charge on any atom is -0.495 e. The highest BCUT2D eigenvalue weighted by Gasteiger charge is 2.03. The lowest BCUT2D eigenvalue weighted by atomic mass is 10.1. The van der Waals surface area contributed by atoms with Gasteiger partial charge in [-0.2, -0.15) is 0 Å². The molecule has 0 amide bonds. The monoisotopic (exact) mass is 214 g/mol. The lowest BCUT2D eigenvalue weighted by Crippen LogP contribution is -1.97. The molecule has 14 heavy (non-hydrogen) atoms. The summed E-state index contributed by atoms with van der Waals surface area (Å²) in [6, 6.07) is 5.26. The van der Waals surface area contributed by atoms with Crippen LogP contribution in [0.15, 0.2) is 18.2 Å². The zero-order chi connectivity index (χ0) is 10.6. The van der Waals surface area contributed by atoms with Crippen LogP contribution >= 0.6 is 11.6 Å². The van der Waals surface area contributed by atoms with Crippen LogP contribution in [0.25, 0.3) is 0 Å². The Morgan fingerprint density at radius 3 is 2.86 bits per heavy atom. The lowest BCUT2D eigenvalue weighted by molar-refractivity contribution is -0.136. The summed E-state index contributed by atoms with van der Waals surface area (Å²) in [7, 11) is 1.53. The van der Waals surface area contributed by atoms with Crippen molar-refractivity contribution in [3.8, 4) is 5.75 Å². The van der Waals surface area contributed by atoms with Crippen LogP contribution in [0.5, 0.6) is 5.75 Å². The molecule has 0 fully saturated rings. The lowest BCUT2D eigenvalue weighted by Gasteiger charge is -2.05. The van der Waals surface area contributed by atoms with E-state index in [0.29, 0.717) is 17.2 Å². The van der Waals surface area contributed by atoms with Crippen LogP contribution in [0.3, 0.4) is 0 Å². The third-order valence-electron chi connectivity index (χ3n) is 1.84. The van der Waals surface area contributed by atoms with Crippen molar-refractivity contribution >= 4 is 17.6 Å². The highest BCUT2D eigenvalue weighted by molar-refractivity contribution is 6.32. The molecule has 0 atom stereocenters. The second-order valence-corrected chi connectivity index (χ2v) is 3.27. The number of carboxylic acid groups (broad SMARTS) is 1.